The van der Waals surface area contributed by atoms with E-state index < -0.39 is 97.5 Å². The maximum Gasteiger partial charge on any atom is 0.472 e. The zero-order valence-corrected chi connectivity index (χ0v) is 65.5. The molecule has 584 valence electrons. The fourth-order valence-corrected chi connectivity index (χ4v) is 11.8. The fourth-order valence-electron chi connectivity index (χ4n) is 10.2. The van der Waals surface area contributed by atoms with Gasteiger partial charge in [-0.3, -0.25) is 37.3 Å². The molecule has 0 aromatic rings. The Morgan fingerprint density at radius 2 is 0.549 bits per heavy atom. The smallest absolute Gasteiger partial charge is 0.462 e. The van der Waals surface area contributed by atoms with E-state index in [2.05, 4.69) is 137 Å². The summed E-state index contributed by atoms with van der Waals surface area (Å²) in [6, 6.07) is 0. The zero-order chi connectivity index (χ0) is 74.6. The molecule has 0 saturated heterocycles. The number of carbonyl (C=O) groups is 4. The lowest BCUT2D eigenvalue weighted by Crippen LogP contribution is -2.30. The Morgan fingerprint density at radius 3 is 0.892 bits per heavy atom. The van der Waals surface area contributed by atoms with Gasteiger partial charge in [0.05, 0.1) is 32.8 Å². The lowest BCUT2D eigenvalue weighted by atomic mass is 10.0. The third-order valence-corrected chi connectivity index (χ3v) is 18.0. The van der Waals surface area contributed by atoms with Crippen LogP contribution in [-0.2, 0) is 65.4 Å². The highest BCUT2D eigenvalue weighted by atomic mass is 31.2. The van der Waals surface area contributed by atoms with Gasteiger partial charge in [-0.15, -0.1) is 0 Å². The first kappa shape index (κ1) is 97.2. The molecule has 0 aliphatic heterocycles. The molecule has 0 spiro atoms. The zero-order valence-electron chi connectivity index (χ0n) is 63.7. The van der Waals surface area contributed by atoms with Crippen molar-refractivity contribution in [2.75, 3.05) is 39.6 Å². The van der Waals surface area contributed by atoms with Crippen molar-refractivity contribution >= 4 is 39.5 Å². The SMILES string of the molecule is CC/C=C\C/C=C\C/C=C\C/C=C\C/C=C\CC(=O)OCC(COP(=O)(O)OCC(O)COP(=O)(O)OCC(COC(=O)CCCCCCCC/C=C\C/C=C\C/C=C\C/C=C\CC)OC(=O)CCCCCCCCCCCCCCC)OC(=O)CCCCCCC/C=C\C/C=C\CCCCC. The minimum Gasteiger partial charge on any atom is -0.462 e. The number of aliphatic hydroxyl groups is 1. The molecule has 0 aliphatic rings. The van der Waals surface area contributed by atoms with Crippen LogP contribution in [0.3, 0.4) is 0 Å². The largest absolute Gasteiger partial charge is 0.472 e. The van der Waals surface area contributed by atoms with Crippen LogP contribution in [0, 0.1) is 0 Å². The molecule has 0 aromatic heterocycles. The summed E-state index contributed by atoms with van der Waals surface area (Å²) in [6.07, 6.45) is 83.2. The number of rotatable bonds is 73. The minimum absolute atomic E-state index is 0.0571. The molecule has 0 rings (SSSR count). The maximum atomic E-state index is 13.1. The van der Waals surface area contributed by atoms with Gasteiger partial charge in [0.15, 0.2) is 12.2 Å². The van der Waals surface area contributed by atoms with Crippen LogP contribution in [0.15, 0.2) is 134 Å². The van der Waals surface area contributed by atoms with E-state index in [1.165, 1.54) is 70.6 Å². The molecule has 0 bridgehead atoms. The number of hydrogen-bond acceptors (Lipinski definition) is 15. The van der Waals surface area contributed by atoms with E-state index in [4.69, 9.17) is 37.0 Å². The number of carbonyl (C=O) groups excluding carboxylic acids is 4. The van der Waals surface area contributed by atoms with Crippen molar-refractivity contribution in [1.29, 1.82) is 0 Å². The molecule has 0 fully saturated rings. The molecule has 0 aromatic carbocycles. The highest BCUT2D eigenvalue weighted by Gasteiger charge is 2.30. The van der Waals surface area contributed by atoms with Gasteiger partial charge in [-0.25, -0.2) is 9.13 Å². The molecular formula is C83H140O17P2. The number of esters is 4. The summed E-state index contributed by atoms with van der Waals surface area (Å²) in [6.45, 7) is 4.49. The van der Waals surface area contributed by atoms with Gasteiger partial charge in [0.2, 0.25) is 0 Å². The van der Waals surface area contributed by atoms with Gasteiger partial charge >= 0.3 is 39.5 Å². The summed E-state index contributed by atoms with van der Waals surface area (Å²) >= 11 is 0. The molecule has 0 aliphatic carbocycles. The second-order valence-electron chi connectivity index (χ2n) is 25.9. The van der Waals surface area contributed by atoms with Gasteiger partial charge < -0.3 is 33.8 Å². The highest BCUT2D eigenvalue weighted by molar-refractivity contribution is 7.47. The molecular weight excluding hydrogens is 1330 g/mol. The van der Waals surface area contributed by atoms with E-state index >= 15 is 0 Å². The molecule has 5 unspecified atom stereocenters. The van der Waals surface area contributed by atoms with Crippen molar-refractivity contribution in [3.63, 3.8) is 0 Å². The molecule has 0 amide bonds. The van der Waals surface area contributed by atoms with Gasteiger partial charge in [0.25, 0.3) is 0 Å². The van der Waals surface area contributed by atoms with E-state index in [0.29, 0.717) is 25.7 Å². The molecule has 0 saturated carbocycles. The second kappa shape index (κ2) is 74.5. The first-order valence-electron chi connectivity index (χ1n) is 39.4. The van der Waals surface area contributed by atoms with E-state index in [9.17, 15) is 43.2 Å². The Kier molecular flexibility index (Phi) is 71.0. The van der Waals surface area contributed by atoms with Crippen LogP contribution < -0.4 is 0 Å². The van der Waals surface area contributed by atoms with Crippen LogP contribution in [0.2, 0.25) is 0 Å². The molecule has 19 heteroatoms. The molecule has 0 radical (unpaired) electrons. The Morgan fingerprint density at radius 1 is 0.294 bits per heavy atom. The minimum atomic E-state index is -5.00. The first-order valence-corrected chi connectivity index (χ1v) is 42.4. The predicted molar refractivity (Wildman–Crippen MR) is 418 cm³/mol. The van der Waals surface area contributed by atoms with E-state index in [-0.39, 0.29) is 25.7 Å². The fraction of sp³-hybridized carbons (Fsp3) is 0.687. The standard InChI is InChI=1S/C83H140O17P2/c1-5-9-13-17-21-25-29-33-36-37-38-39-42-45-48-52-56-60-64-68-81(86)94-73-78(99-82(87)69-65-61-57-53-49-43-32-28-24-20-16-12-8-4)75-97-101(89,90)95-71-77(84)72-96-102(91,92)98-76-79(100-83(88)70-66-62-58-54-50-46-41-35-31-27-23-19-15-11-7-3)74-93-80(85)67-63-59-55-51-47-44-40-34-30-26-22-18-14-10-6-2/h9-10,13-14,21-23,25-27,33-36,38-41,47,51,59,63,77-79,84H,5-8,11-12,15-20,24,28-32,37,42-46,48-50,52-58,60-62,64-76H2,1-4H3,(H,89,90)(H,91,92)/b13-9-,14-10-,25-21-,26-22-,27-23-,36-33-,39-38-,40-34-,41-35-,51-47-,63-59-. The number of hydrogen-bond donors (Lipinski definition) is 3. The molecule has 17 nitrogen and oxygen atoms in total. The van der Waals surface area contributed by atoms with Gasteiger partial charge in [-0.05, 0) is 122 Å². The molecule has 102 heavy (non-hydrogen) atoms. The van der Waals surface area contributed by atoms with Crippen LogP contribution in [0.5, 0.6) is 0 Å². The van der Waals surface area contributed by atoms with Crippen molar-refractivity contribution in [3.05, 3.63) is 134 Å². The third-order valence-electron chi connectivity index (χ3n) is 16.1. The van der Waals surface area contributed by atoms with Crippen molar-refractivity contribution in [2.24, 2.45) is 0 Å². The topological polar surface area (TPSA) is 237 Å². The summed E-state index contributed by atoms with van der Waals surface area (Å²) in [5.41, 5.74) is 0. The number of phosphoric ester groups is 2. The summed E-state index contributed by atoms with van der Waals surface area (Å²) in [7, 11) is -9.99. The number of phosphoric acid groups is 2. The van der Waals surface area contributed by atoms with Gasteiger partial charge in [0.1, 0.15) is 19.3 Å². The van der Waals surface area contributed by atoms with Crippen LogP contribution in [0.25, 0.3) is 0 Å². The average Bonchev–Trinajstić information content (AvgIpc) is 0.919. The monoisotopic (exact) mass is 1470 g/mol. The van der Waals surface area contributed by atoms with Crippen LogP contribution in [-0.4, -0.2) is 96.7 Å². The van der Waals surface area contributed by atoms with E-state index in [1.807, 2.05) is 18.2 Å². The number of ether oxygens (including phenoxy) is 4. The van der Waals surface area contributed by atoms with Crippen LogP contribution in [0.1, 0.15) is 310 Å². The normalized spacial score (nSPS) is 14.6. The second-order valence-corrected chi connectivity index (χ2v) is 28.8. The predicted octanol–water partition coefficient (Wildman–Crippen LogP) is 22.9. The summed E-state index contributed by atoms with van der Waals surface area (Å²) in [5.74, 6) is -2.35. The molecule has 5 atom stereocenters. The third kappa shape index (κ3) is 73.5. The quantitative estimate of drug-likeness (QED) is 0.0169. The number of aliphatic hydroxyl groups excluding tert-OH is 1. The number of allylic oxidation sites excluding steroid dienone is 21. The van der Waals surface area contributed by atoms with Crippen LogP contribution in [0.4, 0.5) is 0 Å². The Bertz CT molecular complexity index is 2460. The lowest BCUT2D eigenvalue weighted by molar-refractivity contribution is -0.161. The Hall–Kier alpha value is -4.80. The maximum absolute atomic E-state index is 13.1. The average molecular weight is 1470 g/mol. The van der Waals surface area contributed by atoms with Crippen molar-refractivity contribution in [3.8, 4) is 0 Å². The van der Waals surface area contributed by atoms with Gasteiger partial charge in [0, 0.05) is 19.3 Å². The number of unbranched alkanes of at least 4 members (excludes halogenated alkanes) is 26. The van der Waals surface area contributed by atoms with Gasteiger partial charge in [-0.2, -0.15) is 0 Å². The van der Waals surface area contributed by atoms with Crippen molar-refractivity contribution in [1.82, 2.24) is 0 Å². The summed E-state index contributed by atoms with van der Waals surface area (Å²) in [5, 5.41) is 10.6. The van der Waals surface area contributed by atoms with Gasteiger partial charge in [-0.1, -0.05) is 296 Å². The van der Waals surface area contributed by atoms with Crippen molar-refractivity contribution in [2.45, 2.75) is 329 Å². The van der Waals surface area contributed by atoms with Crippen LogP contribution >= 0.6 is 15.6 Å². The van der Waals surface area contributed by atoms with Crippen molar-refractivity contribution < 1.29 is 80.2 Å². The highest BCUT2D eigenvalue weighted by Crippen LogP contribution is 2.45. The van der Waals surface area contributed by atoms with E-state index in [1.54, 1.807) is 6.08 Å². The Labute approximate surface area is 618 Å². The first-order chi connectivity index (χ1) is 49.7. The summed E-state index contributed by atoms with van der Waals surface area (Å²) < 4.78 is 68.4. The van der Waals surface area contributed by atoms with E-state index in [0.717, 1.165) is 161 Å². The lowest BCUT2D eigenvalue weighted by Gasteiger charge is -2.21. The Balaban J connectivity index is 5.42. The molecule has 0 heterocycles. The summed E-state index contributed by atoms with van der Waals surface area (Å²) in [4.78, 5) is 72.9. The molecule has 3 N–H and O–H groups in total.